The van der Waals surface area contributed by atoms with Crippen LogP contribution < -0.4 is 0 Å². The van der Waals surface area contributed by atoms with Crippen LogP contribution in [0.15, 0.2) is 73.3 Å². The van der Waals surface area contributed by atoms with Gasteiger partial charge in [-0.15, -0.1) is 6.58 Å². The molecule has 0 amide bonds. The number of rotatable bonds is 6. The van der Waals surface area contributed by atoms with Gasteiger partial charge in [-0.2, -0.15) is 0 Å². The molecule has 1 fully saturated rings. The Labute approximate surface area is 180 Å². The second-order valence-electron chi connectivity index (χ2n) is 8.61. The molecule has 0 saturated heterocycles. The van der Waals surface area contributed by atoms with E-state index in [1.54, 1.807) is 0 Å². The van der Waals surface area contributed by atoms with Gasteiger partial charge in [0.1, 0.15) is 5.82 Å². The Hall–Kier alpha value is -2.67. The Bertz CT molecular complexity index is 1030. The molecule has 0 atom stereocenters. The normalized spacial score (nSPS) is 19.4. The molecule has 3 aromatic rings. The third kappa shape index (κ3) is 4.41. The van der Waals surface area contributed by atoms with Crippen molar-refractivity contribution in [3.8, 4) is 11.1 Å². The molecule has 154 valence electrons. The summed E-state index contributed by atoms with van der Waals surface area (Å²) in [6, 6.07) is 18.9. The van der Waals surface area contributed by atoms with Gasteiger partial charge in [0.05, 0.1) is 0 Å². The fraction of sp³-hybridized carbons (Fsp3) is 0.310. The SMILES string of the molecule is C=CCCC1CCC(c2ccc(-c3ccc4c(F)c(/C=C/C)ccc4c3)cc2)CC1. The summed E-state index contributed by atoms with van der Waals surface area (Å²) in [6.07, 6.45) is 13.5. The molecule has 3 aromatic carbocycles. The molecule has 1 aliphatic carbocycles. The largest absolute Gasteiger partial charge is 0.206 e. The first-order chi connectivity index (χ1) is 14.7. The van der Waals surface area contributed by atoms with Crippen LogP contribution in [0.3, 0.4) is 0 Å². The van der Waals surface area contributed by atoms with E-state index in [2.05, 4.69) is 36.9 Å². The van der Waals surface area contributed by atoms with Gasteiger partial charge in [-0.3, -0.25) is 0 Å². The lowest BCUT2D eigenvalue weighted by atomic mass is 9.77. The average Bonchev–Trinajstić information content (AvgIpc) is 2.80. The second-order valence-corrected chi connectivity index (χ2v) is 8.61. The zero-order valence-corrected chi connectivity index (χ0v) is 17.9. The Morgan fingerprint density at radius 2 is 1.67 bits per heavy atom. The van der Waals surface area contributed by atoms with Crippen molar-refractivity contribution in [3.05, 3.63) is 90.3 Å². The van der Waals surface area contributed by atoms with Gasteiger partial charge in [0, 0.05) is 10.9 Å². The van der Waals surface area contributed by atoms with Crippen molar-refractivity contribution in [1.29, 1.82) is 0 Å². The van der Waals surface area contributed by atoms with E-state index in [0.29, 0.717) is 16.9 Å². The monoisotopic (exact) mass is 398 g/mol. The zero-order valence-electron chi connectivity index (χ0n) is 17.9. The summed E-state index contributed by atoms with van der Waals surface area (Å²) in [7, 11) is 0. The third-order valence-corrected chi connectivity index (χ3v) is 6.67. The van der Waals surface area contributed by atoms with Gasteiger partial charge in [0.2, 0.25) is 0 Å². The van der Waals surface area contributed by atoms with E-state index >= 15 is 0 Å². The standard InChI is InChI=1S/C29H31F/c1-3-5-7-21-8-10-22(11-9-21)23-12-14-24(15-13-23)26-18-19-28-27(20-26)17-16-25(6-4-2)29(28)30/h3-4,6,12-22H,1,5,7-11H2,2H3/b6-4+. The minimum Gasteiger partial charge on any atom is -0.206 e. The third-order valence-electron chi connectivity index (χ3n) is 6.67. The number of hydrogen-bond donors (Lipinski definition) is 0. The van der Waals surface area contributed by atoms with E-state index in [-0.39, 0.29) is 5.82 Å². The fourth-order valence-corrected chi connectivity index (χ4v) is 4.88. The van der Waals surface area contributed by atoms with Crippen LogP contribution in [-0.4, -0.2) is 0 Å². The summed E-state index contributed by atoms with van der Waals surface area (Å²) in [5.74, 6) is 1.43. The predicted octanol–water partition coefficient (Wildman–Crippen LogP) is 8.92. The molecule has 0 aliphatic heterocycles. The summed E-state index contributed by atoms with van der Waals surface area (Å²) in [5.41, 5.74) is 4.43. The molecule has 0 spiro atoms. The van der Waals surface area contributed by atoms with Crippen LogP contribution in [0.25, 0.3) is 28.0 Å². The second kappa shape index (κ2) is 9.43. The highest BCUT2D eigenvalue weighted by molar-refractivity contribution is 5.89. The van der Waals surface area contributed by atoms with Crippen LogP contribution >= 0.6 is 0 Å². The van der Waals surface area contributed by atoms with Gasteiger partial charge in [-0.25, -0.2) is 4.39 Å². The average molecular weight is 399 g/mol. The van der Waals surface area contributed by atoms with E-state index in [4.69, 9.17) is 0 Å². The van der Waals surface area contributed by atoms with Crippen LogP contribution in [0, 0.1) is 11.7 Å². The van der Waals surface area contributed by atoms with Crippen LogP contribution in [0.4, 0.5) is 4.39 Å². The van der Waals surface area contributed by atoms with E-state index in [9.17, 15) is 4.39 Å². The van der Waals surface area contributed by atoms with Crippen LogP contribution in [-0.2, 0) is 0 Å². The molecule has 1 aliphatic rings. The minimum atomic E-state index is -0.142. The highest BCUT2D eigenvalue weighted by Crippen LogP contribution is 2.38. The Morgan fingerprint density at radius 3 is 2.37 bits per heavy atom. The molecular weight excluding hydrogens is 367 g/mol. The lowest BCUT2D eigenvalue weighted by molar-refractivity contribution is 0.312. The van der Waals surface area contributed by atoms with Gasteiger partial charge in [-0.1, -0.05) is 66.8 Å². The summed E-state index contributed by atoms with van der Waals surface area (Å²) in [5, 5.41) is 1.62. The predicted molar refractivity (Wildman–Crippen MR) is 128 cm³/mol. The molecule has 1 saturated carbocycles. The minimum absolute atomic E-state index is 0.142. The molecule has 0 unspecified atom stereocenters. The van der Waals surface area contributed by atoms with E-state index in [1.807, 2.05) is 49.4 Å². The molecule has 0 heterocycles. The van der Waals surface area contributed by atoms with Gasteiger partial charge in [0.15, 0.2) is 0 Å². The molecule has 30 heavy (non-hydrogen) atoms. The maximum Gasteiger partial charge on any atom is 0.138 e. The molecule has 1 heteroatoms. The maximum absolute atomic E-state index is 14.7. The van der Waals surface area contributed by atoms with Crippen molar-refractivity contribution >= 4 is 16.8 Å². The van der Waals surface area contributed by atoms with Crippen LogP contribution in [0.1, 0.15) is 62.5 Å². The Kier molecular flexibility index (Phi) is 6.47. The number of allylic oxidation sites excluding steroid dienone is 2. The first-order valence-electron chi connectivity index (χ1n) is 11.3. The van der Waals surface area contributed by atoms with Crippen LogP contribution in [0.5, 0.6) is 0 Å². The van der Waals surface area contributed by atoms with Gasteiger partial charge in [-0.05, 0) is 85.4 Å². The van der Waals surface area contributed by atoms with Crippen molar-refractivity contribution in [1.82, 2.24) is 0 Å². The number of benzene rings is 3. The van der Waals surface area contributed by atoms with Crippen molar-refractivity contribution in [2.45, 2.75) is 51.4 Å². The molecular formula is C29H31F. The molecule has 0 radical (unpaired) electrons. The summed E-state index contributed by atoms with van der Waals surface area (Å²) in [6.45, 7) is 5.76. The zero-order chi connectivity index (χ0) is 20.9. The van der Waals surface area contributed by atoms with Crippen molar-refractivity contribution in [2.24, 2.45) is 5.92 Å². The topological polar surface area (TPSA) is 0 Å². The highest BCUT2D eigenvalue weighted by atomic mass is 19.1. The molecule has 0 N–H and O–H groups in total. The number of halogens is 1. The highest BCUT2D eigenvalue weighted by Gasteiger charge is 2.21. The quantitative estimate of drug-likeness (QED) is 0.364. The van der Waals surface area contributed by atoms with E-state index in [1.165, 1.54) is 43.2 Å². The Balaban J connectivity index is 1.49. The summed E-state index contributed by atoms with van der Waals surface area (Å²) < 4.78 is 14.7. The van der Waals surface area contributed by atoms with E-state index < -0.39 is 0 Å². The van der Waals surface area contributed by atoms with Gasteiger partial charge >= 0.3 is 0 Å². The first-order valence-corrected chi connectivity index (χ1v) is 11.3. The van der Waals surface area contributed by atoms with E-state index in [0.717, 1.165) is 23.3 Å². The molecule has 0 bridgehead atoms. The Morgan fingerprint density at radius 1 is 0.933 bits per heavy atom. The molecule has 0 aromatic heterocycles. The first kappa shape index (κ1) is 20.6. The summed E-state index contributed by atoms with van der Waals surface area (Å²) in [4.78, 5) is 0. The number of hydrogen-bond acceptors (Lipinski definition) is 0. The van der Waals surface area contributed by atoms with Crippen molar-refractivity contribution in [3.63, 3.8) is 0 Å². The summed E-state index contributed by atoms with van der Waals surface area (Å²) >= 11 is 0. The number of fused-ring (bicyclic) bond motifs is 1. The molecule has 0 nitrogen and oxygen atoms in total. The van der Waals surface area contributed by atoms with Crippen molar-refractivity contribution < 1.29 is 4.39 Å². The molecule has 4 rings (SSSR count). The smallest absolute Gasteiger partial charge is 0.138 e. The van der Waals surface area contributed by atoms with Crippen molar-refractivity contribution in [2.75, 3.05) is 0 Å². The van der Waals surface area contributed by atoms with Gasteiger partial charge in [0.25, 0.3) is 0 Å². The lowest BCUT2D eigenvalue weighted by Crippen LogP contribution is -2.13. The van der Waals surface area contributed by atoms with Crippen LogP contribution in [0.2, 0.25) is 0 Å². The maximum atomic E-state index is 14.7. The fourth-order valence-electron chi connectivity index (χ4n) is 4.88. The lowest BCUT2D eigenvalue weighted by Gasteiger charge is -2.28. The van der Waals surface area contributed by atoms with Gasteiger partial charge < -0.3 is 0 Å².